The van der Waals surface area contributed by atoms with Crippen molar-refractivity contribution in [2.75, 3.05) is 11.9 Å². The van der Waals surface area contributed by atoms with Crippen molar-refractivity contribution in [1.29, 1.82) is 0 Å². The van der Waals surface area contributed by atoms with Gasteiger partial charge in [0.15, 0.2) is 0 Å². The van der Waals surface area contributed by atoms with Gasteiger partial charge in [0.2, 0.25) is 10.0 Å². The van der Waals surface area contributed by atoms with E-state index in [2.05, 4.69) is 30.8 Å². The van der Waals surface area contributed by atoms with Gasteiger partial charge in [0, 0.05) is 22.4 Å². The fourth-order valence-corrected chi connectivity index (χ4v) is 4.80. The number of hydrogen-bond acceptors (Lipinski definition) is 4. The maximum atomic E-state index is 12.7. The minimum atomic E-state index is -3.53. The minimum absolute atomic E-state index is 0.196. The van der Waals surface area contributed by atoms with Crippen LogP contribution < -0.4 is 10.0 Å². The Morgan fingerprint density at radius 3 is 2.34 bits per heavy atom. The molecule has 2 rings (SSSR count). The fourth-order valence-electron chi connectivity index (χ4n) is 2.77. The molecule has 0 heterocycles. The van der Waals surface area contributed by atoms with Gasteiger partial charge in [-0.25, -0.2) is 13.1 Å². The van der Waals surface area contributed by atoms with Crippen LogP contribution in [-0.2, 0) is 10.0 Å². The zero-order valence-corrected chi connectivity index (χ0v) is 18.9. The summed E-state index contributed by atoms with van der Waals surface area (Å²) in [6.45, 7) is 6.71. The van der Waals surface area contributed by atoms with E-state index in [4.69, 9.17) is 0 Å². The lowest BCUT2D eigenvalue weighted by Crippen LogP contribution is -2.24. The number of nitrogens with one attached hydrogen (secondary N) is 2. The van der Waals surface area contributed by atoms with Crippen LogP contribution in [0.4, 0.5) is 5.69 Å². The van der Waals surface area contributed by atoms with Gasteiger partial charge in [0.05, 0.1) is 10.5 Å². The highest BCUT2D eigenvalue weighted by Gasteiger charge is 2.15. The maximum absolute atomic E-state index is 12.7. The number of rotatable bonds is 11. The van der Waals surface area contributed by atoms with Crippen molar-refractivity contribution in [3.63, 3.8) is 0 Å². The molecule has 0 spiro atoms. The van der Waals surface area contributed by atoms with Crippen molar-refractivity contribution in [3.8, 4) is 0 Å². The Morgan fingerprint density at radius 2 is 1.69 bits per heavy atom. The van der Waals surface area contributed by atoms with Gasteiger partial charge >= 0.3 is 0 Å². The van der Waals surface area contributed by atoms with E-state index in [9.17, 15) is 13.2 Å². The number of sulfonamides is 1. The Hall–Kier alpha value is -1.83. The lowest BCUT2D eigenvalue weighted by Gasteiger charge is -2.12. The van der Waals surface area contributed by atoms with E-state index >= 15 is 0 Å². The normalized spacial score (nSPS) is 11.6. The molecule has 0 saturated carbocycles. The zero-order chi connectivity index (χ0) is 21.3. The highest BCUT2D eigenvalue weighted by atomic mass is 32.2. The second-order valence-electron chi connectivity index (χ2n) is 7.10. The average Bonchev–Trinajstić information content (AvgIpc) is 2.68. The largest absolute Gasteiger partial charge is 0.322 e. The first-order valence-corrected chi connectivity index (χ1v) is 12.4. The highest BCUT2D eigenvalue weighted by Crippen LogP contribution is 2.27. The molecule has 0 radical (unpaired) electrons. The van der Waals surface area contributed by atoms with E-state index in [0.29, 0.717) is 23.0 Å². The van der Waals surface area contributed by atoms with E-state index < -0.39 is 10.0 Å². The van der Waals surface area contributed by atoms with Crippen molar-refractivity contribution in [2.24, 2.45) is 0 Å². The molecule has 158 valence electrons. The second kappa shape index (κ2) is 11.4. The average molecular weight is 435 g/mol. The van der Waals surface area contributed by atoms with Gasteiger partial charge in [0.25, 0.3) is 5.91 Å². The number of carbonyl (C=O) groups is 1. The first-order chi connectivity index (χ1) is 13.8. The molecule has 0 aliphatic heterocycles. The minimum Gasteiger partial charge on any atom is -0.322 e. The molecular formula is C22H30N2O3S2. The molecule has 0 saturated heterocycles. The number of benzene rings is 2. The van der Waals surface area contributed by atoms with Gasteiger partial charge in [-0.15, -0.1) is 11.8 Å². The standard InChI is InChI=1S/C22H30N2O3S2/c1-4-5-6-9-16-23-29(26,27)19-14-12-18(13-15-19)24-22(25)20-10-7-8-11-21(20)28-17(2)3/h7-8,10-15,17,23H,4-6,9,16H2,1-3H3,(H,24,25). The summed E-state index contributed by atoms with van der Waals surface area (Å²) in [5.74, 6) is -0.210. The van der Waals surface area contributed by atoms with Gasteiger partial charge in [-0.3, -0.25) is 4.79 Å². The predicted octanol–water partition coefficient (Wildman–Crippen LogP) is 5.30. The lowest BCUT2D eigenvalue weighted by molar-refractivity contribution is 0.102. The van der Waals surface area contributed by atoms with Crippen molar-refractivity contribution < 1.29 is 13.2 Å². The first-order valence-electron chi connectivity index (χ1n) is 10.00. The topological polar surface area (TPSA) is 75.3 Å². The Kier molecular flexibility index (Phi) is 9.20. The molecule has 0 aromatic heterocycles. The third kappa shape index (κ3) is 7.49. The molecule has 1 amide bonds. The van der Waals surface area contributed by atoms with E-state index in [-0.39, 0.29) is 10.8 Å². The SMILES string of the molecule is CCCCCCNS(=O)(=O)c1ccc(NC(=O)c2ccccc2SC(C)C)cc1. The molecule has 0 atom stereocenters. The summed E-state index contributed by atoms with van der Waals surface area (Å²) in [5.41, 5.74) is 1.16. The summed E-state index contributed by atoms with van der Waals surface area (Å²) in [5, 5.41) is 3.21. The summed E-state index contributed by atoms with van der Waals surface area (Å²) in [6.07, 6.45) is 4.06. The smallest absolute Gasteiger partial charge is 0.256 e. The van der Waals surface area contributed by atoms with Gasteiger partial charge < -0.3 is 5.32 Å². The van der Waals surface area contributed by atoms with Crippen molar-refractivity contribution in [1.82, 2.24) is 4.72 Å². The fraction of sp³-hybridized carbons (Fsp3) is 0.409. The molecule has 0 unspecified atom stereocenters. The molecule has 0 aliphatic carbocycles. The van der Waals surface area contributed by atoms with Crippen LogP contribution in [0.25, 0.3) is 0 Å². The van der Waals surface area contributed by atoms with Gasteiger partial charge in [-0.1, -0.05) is 52.2 Å². The Labute approximate surface area is 178 Å². The molecule has 2 N–H and O–H groups in total. The molecule has 5 nitrogen and oxygen atoms in total. The van der Waals surface area contributed by atoms with Gasteiger partial charge in [0.1, 0.15) is 0 Å². The number of anilines is 1. The molecule has 0 fully saturated rings. The number of carbonyl (C=O) groups excluding carboxylic acids is 1. The predicted molar refractivity (Wildman–Crippen MR) is 121 cm³/mol. The van der Waals surface area contributed by atoms with Crippen LogP contribution in [0.3, 0.4) is 0 Å². The van der Waals surface area contributed by atoms with E-state index in [1.807, 2.05) is 18.2 Å². The van der Waals surface area contributed by atoms with E-state index in [1.54, 1.807) is 30.0 Å². The summed E-state index contributed by atoms with van der Waals surface area (Å²) >= 11 is 1.63. The molecular weight excluding hydrogens is 404 g/mol. The van der Waals surface area contributed by atoms with Gasteiger partial charge in [-0.2, -0.15) is 0 Å². The first kappa shape index (κ1) is 23.4. The second-order valence-corrected chi connectivity index (χ2v) is 10.5. The Balaban J connectivity index is 2.01. The van der Waals surface area contributed by atoms with Crippen molar-refractivity contribution in [3.05, 3.63) is 54.1 Å². The summed E-state index contributed by atoms with van der Waals surface area (Å²) in [7, 11) is -3.53. The molecule has 2 aromatic rings. The summed E-state index contributed by atoms with van der Waals surface area (Å²) in [6, 6.07) is 13.7. The number of amides is 1. The van der Waals surface area contributed by atoms with Crippen molar-refractivity contribution in [2.45, 2.75) is 61.5 Å². The third-order valence-electron chi connectivity index (χ3n) is 4.24. The van der Waals surface area contributed by atoms with Crippen LogP contribution >= 0.6 is 11.8 Å². The zero-order valence-electron chi connectivity index (χ0n) is 17.3. The molecule has 0 aliphatic rings. The number of unbranched alkanes of at least 4 members (excludes halogenated alkanes) is 3. The quantitative estimate of drug-likeness (QED) is 0.372. The van der Waals surface area contributed by atoms with Crippen LogP contribution in [0.5, 0.6) is 0 Å². The lowest BCUT2D eigenvalue weighted by atomic mass is 10.2. The van der Waals surface area contributed by atoms with Crippen molar-refractivity contribution >= 4 is 33.4 Å². The van der Waals surface area contributed by atoms with Crippen LogP contribution in [0.2, 0.25) is 0 Å². The van der Waals surface area contributed by atoms with E-state index in [0.717, 1.165) is 30.6 Å². The maximum Gasteiger partial charge on any atom is 0.256 e. The summed E-state index contributed by atoms with van der Waals surface area (Å²) < 4.78 is 27.4. The number of hydrogen-bond donors (Lipinski definition) is 2. The molecule has 7 heteroatoms. The van der Waals surface area contributed by atoms with Crippen LogP contribution in [0, 0.1) is 0 Å². The van der Waals surface area contributed by atoms with Crippen LogP contribution in [0.1, 0.15) is 56.8 Å². The molecule has 0 bridgehead atoms. The third-order valence-corrected chi connectivity index (χ3v) is 6.80. The number of thioether (sulfide) groups is 1. The molecule has 2 aromatic carbocycles. The highest BCUT2D eigenvalue weighted by molar-refractivity contribution is 8.00. The Bertz CT molecular complexity index is 895. The van der Waals surface area contributed by atoms with E-state index in [1.165, 1.54) is 12.1 Å². The van der Waals surface area contributed by atoms with Crippen LogP contribution in [0.15, 0.2) is 58.3 Å². The summed E-state index contributed by atoms with van der Waals surface area (Å²) in [4.78, 5) is 13.8. The molecule has 29 heavy (non-hydrogen) atoms. The van der Waals surface area contributed by atoms with Gasteiger partial charge in [-0.05, 0) is 42.8 Å². The monoisotopic (exact) mass is 434 g/mol. The van der Waals surface area contributed by atoms with Crippen LogP contribution in [-0.4, -0.2) is 26.1 Å². The Morgan fingerprint density at radius 1 is 1.00 bits per heavy atom.